The van der Waals surface area contributed by atoms with Crippen molar-refractivity contribution >= 4 is 27.6 Å². The number of aliphatic hydroxyl groups is 1. The number of carbonyl (C=O) groups is 2. The van der Waals surface area contributed by atoms with Crippen molar-refractivity contribution in [2.24, 2.45) is 5.92 Å². The monoisotopic (exact) mass is 650 g/mol. The van der Waals surface area contributed by atoms with Crippen LogP contribution in [0.4, 0.5) is 14.9 Å². The number of carbonyl (C=O) groups excluding carboxylic acids is 2. The summed E-state index contributed by atoms with van der Waals surface area (Å²) in [6.45, 7) is 9.95. The van der Waals surface area contributed by atoms with Crippen molar-refractivity contribution in [3.63, 3.8) is 0 Å². The number of anilines is 1. The maximum Gasteiger partial charge on any atom is 0.317 e. The molecule has 3 rings (SSSR count). The minimum atomic E-state index is -4.09. The molecule has 3 N–H and O–H groups in total. The summed E-state index contributed by atoms with van der Waals surface area (Å²) in [6, 6.07) is 8.03. The van der Waals surface area contributed by atoms with Crippen molar-refractivity contribution in [1.29, 1.82) is 0 Å². The van der Waals surface area contributed by atoms with Crippen LogP contribution in [0.3, 0.4) is 0 Å². The first-order valence-corrected chi connectivity index (χ1v) is 16.8. The molecule has 11 nitrogen and oxygen atoms in total. The number of ether oxygens (including phenoxy) is 2. The van der Waals surface area contributed by atoms with E-state index in [9.17, 15) is 27.5 Å². The Labute approximate surface area is 266 Å². The number of fused-ring (bicyclic) bond motifs is 1. The second kappa shape index (κ2) is 16.2. The van der Waals surface area contributed by atoms with Crippen LogP contribution >= 0.6 is 0 Å². The van der Waals surface area contributed by atoms with Crippen LogP contribution in [0.1, 0.15) is 64.2 Å². The lowest BCUT2D eigenvalue weighted by Gasteiger charge is -2.36. The van der Waals surface area contributed by atoms with E-state index in [4.69, 9.17) is 9.47 Å². The van der Waals surface area contributed by atoms with Gasteiger partial charge in [0.15, 0.2) is 0 Å². The van der Waals surface area contributed by atoms with E-state index in [2.05, 4.69) is 10.0 Å². The Morgan fingerprint density at radius 3 is 2.47 bits per heavy atom. The van der Waals surface area contributed by atoms with E-state index in [0.29, 0.717) is 19.6 Å². The van der Waals surface area contributed by atoms with E-state index < -0.39 is 33.9 Å². The molecule has 0 saturated heterocycles. The summed E-state index contributed by atoms with van der Waals surface area (Å²) >= 11 is 0. The van der Waals surface area contributed by atoms with E-state index in [-0.39, 0.29) is 59.1 Å². The first-order chi connectivity index (χ1) is 21.2. The summed E-state index contributed by atoms with van der Waals surface area (Å²) in [7, 11) is -2.39. The summed E-state index contributed by atoms with van der Waals surface area (Å²) in [5, 5.41) is 13.0. The van der Waals surface area contributed by atoms with Gasteiger partial charge in [0.25, 0.3) is 15.9 Å². The zero-order chi connectivity index (χ0) is 33.3. The molecule has 2 aromatic carbocycles. The summed E-state index contributed by atoms with van der Waals surface area (Å²) in [4.78, 5) is 29.9. The smallest absolute Gasteiger partial charge is 0.317 e. The number of hydrogen-bond donors (Lipinski definition) is 3. The van der Waals surface area contributed by atoms with E-state index in [1.54, 1.807) is 24.9 Å². The van der Waals surface area contributed by atoms with Gasteiger partial charge in [-0.15, -0.1) is 0 Å². The third-order valence-electron chi connectivity index (χ3n) is 7.64. The van der Waals surface area contributed by atoms with Crippen molar-refractivity contribution < 1.29 is 37.0 Å². The fourth-order valence-electron chi connectivity index (χ4n) is 4.99. The Kier molecular flexibility index (Phi) is 13.0. The van der Waals surface area contributed by atoms with Gasteiger partial charge in [-0.05, 0) is 89.4 Å². The van der Waals surface area contributed by atoms with E-state index in [0.717, 1.165) is 37.1 Å². The van der Waals surface area contributed by atoms with Gasteiger partial charge < -0.3 is 29.7 Å². The lowest BCUT2D eigenvalue weighted by Crippen LogP contribution is -2.49. The van der Waals surface area contributed by atoms with Crippen molar-refractivity contribution in [3.8, 4) is 5.75 Å². The number of halogens is 1. The van der Waals surface area contributed by atoms with Crippen molar-refractivity contribution in [1.82, 2.24) is 15.1 Å². The lowest BCUT2D eigenvalue weighted by atomic mass is 10.0. The fourth-order valence-corrected chi connectivity index (χ4v) is 6.04. The van der Waals surface area contributed by atoms with Gasteiger partial charge in [-0.3, -0.25) is 9.52 Å². The summed E-state index contributed by atoms with van der Waals surface area (Å²) < 4.78 is 54.5. The zero-order valence-electron chi connectivity index (χ0n) is 27.0. The molecule has 0 aliphatic carbocycles. The quantitative estimate of drug-likeness (QED) is 0.383. The predicted octanol–water partition coefficient (Wildman–Crippen LogP) is 4.47. The van der Waals surface area contributed by atoms with Crippen molar-refractivity contribution in [2.45, 2.75) is 83.1 Å². The van der Waals surface area contributed by atoms with E-state index in [1.165, 1.54) is 17.0 Å². The number of nitrogens with zero attached hydrogens (tertiary/aromatic N) is 2. The third-order valence-corrected chi connectivity index (χ3v) is 9.04. The summed E-state index contributed by atoms with van der Waals surface area (Å²) in [5.74, 6) is -0.990. The van der Waals surface area contributed by atoms with Crippen molar-refractivity contribution in [2.75, 3.05) is 38.1 Å². The Balaban J connectivity index is 1.98. The van der Waals surface area contributed by atoms with Crippen LogP contribution in [0, 0.1) is 11.7 Å². The molecule has 1 heterocycles. The minimum Gasteiger partial charge on any atom is -0.490 e. The molecular formula is C32H47FN4O7S. The molecule has 45 heavy (non-hydrogen) atoms. The Bertz CT molecular complexity index is 1390. The van der Waals surface area contributed by atoms with Crippen LogP contribution in [0.5, 0.6) is 5.75 Å². The van der Waals surface area contributed by atoms with Crippen LogP contribution in [-0.4, -0.2) is 92.9 Å². The first-order valence-electron chi connectivity index (χ1n) is 15.4. The number of benzene rings is 2. The fraction of sp³-hybridized carbons (Fsp3) is 0.562. The number of hydrogen-bond acceptors (Lipinski definition) is 7. The predicted molar refractivity (Wildman–Crippen MR) is 170 cm³/mol. The van der Waals surface area contributed by atoms with Crippen LogP contribution < -0.4 is 14.8 Å². The van der Waals surface area contributed by atoms with Gasteiger partial charge >= 0.3 is 6.03 Å². The summed E-state index contributed by atoms with van der Waals surface area (Å²) in [5.41, 5.74) is 0.240. The largest absolute Gasteiger partial charge is 0.490 e. The van der Waals surface area contributed by atoms with Gasteiger partial charge in [-0.25, -0.2) is 17.6 Å². The zero-order valence-corrected chi connectivity index (χ0v) is 27.8. The number of aliphatic hydroxyl groups excluding tert-OH is 1. The highest BCUT2D eigenvalue weighted by Crippen LogP contribution is 2.29. The van der Waals surface area contributed by atoms with Crippen LogP contribution in [0.25, 0.3) is 0 Å². The molecule has 3 amide bonds. The Morgan fingerprint density at radius 1 is 1.13 bits per heavy atom. The summed E-state index contributed by atoms with van der Waals surface area (Å²) in [6.07, 6.45) is 1.60. The number of likely N-dealkylation sites (N-methyl/N-ethyl adjacent to an activating group) is 1. The van der Waals surface area contributed by atoms with Gasteiger partial charge in [-0.2, -0.15) is 0 Å². The minimum absolute atomic E-state index is 0.0323. The molecule has 250 valence electrons. The maximum atomic E-state index is 14.2. The lowest BCUT2D eigenvalue weighted by molar-refractivity contribution is -0.0122. The molecule has 0 fully saturated rings. The number of rotatable bonds is 8. The highest BCUT2D eigenvalue weighted by molar-refractivity contribution is 7.92. The normalized spacial score (nSPS) is 20.9. The van der Waals surface area contributed by atoms with Gasteiger partial charge in [0.1, 0.15) is 11.6 Å². The van der Waals surface area contributed by atoms with Gasteiger partial charge in [-0.1, -0.05) is 6.92 Å². The number of nitrogens with one attached hydrogen (secondary N) is 2. The Morgan fingerprint density at radius 2 is 1.82 bits per heavy atom. The molecule has 13 heteroatoms. The number of sulfonamides is 1. The molecule has 0 bridgehead atoms. The second-order valence-corrected chi connectivity index (χ2v) is 13.7. The van der Waals surface area contributed by atoms with Crippen LogP contribution in [-0.2, 0) is 14.8 Å². The highest BCUT2D eigenvalue weighted by Gasteiger charge is 2.31. The molecule has 0 unspecified atom stereocenters. The number of urea groups is 1. The topological polar surface area (TPSA) is 138 Å². The molecule has 0 radical (unpaired) electrons. The molecule has 4 atom stereocenters. The van der Waals surface area contributed by atoms with E-state index >= 15 is 0 Å². The Hall–Kier alpha value is -3.42. The van der Waals surface area contributed by atoms with Crippen LogP contribution in [0.15, 0.2) is 47.4 Å². The molecular weight excluding hydrogens is 603 g/mol. The standard InChI is InChI=1S/C32H47FN4O7S/c1-21(2)34-32(40)36(6)19-30-22(3)18-37(23(4)20-38)31(39)28-17-26(35-45(41,42)27-13-10-25(33)11-14-27)12-15-29(28)44-24(5)9-7-8-16-43-30/h10-15,17,21-24,30,35,38H,7-9,16,18-20H2,1-6H3,(H,34,40)/t22-,23-,24-,30-/m0/s1. The third kappa shape index (κ3) is 10.3. The van der Waals surface area contributed by atoms with Crippen molar-refractivity contribution in [3.05, 3.63) is 53.8 Å². The van der Waals surface area contributed by atoms with Crippen LogP contribution in [0.2, 0.25) is 0 Å². The molecule has 1 aliphatic heterocycles. The first kappa shape index (κ1) is 36.1. The SMILES string of the molecule is CC(C)NC(=O)N(C)C[C@@H]1OCCCC[C@H](C)Oc2ccc(NS(=O)(=O)c3ccc(F)cc3)cc2C(=O)N([C@@H](C)CO)C[C@@H]1C. The molecule has 0 aromatic heterocycles. The average molecular weight is 651 g/mol. The molecule has 1 aliphatic rings. The van der Waals surface area contributed by atoms with E-state index in [1.807, 2.05) is 27.7 Å². The highest BCUT2D eigenvalue weighted by atomic mass is 32.2. The molecule has 0 spiro atoms. The van der Waals surface area contributed by atoms with Gasteiger partial charge in [0.05, 0.1) is 35.3 Å². The number of amides is 3. The van der Waals surface area contributed by atoms with Gasteiger partial charge in [0, 0.05) is 44.4 Å². The average Bonchev–Trinajstić information content (AvgIpc) is 2.98. The van der Waals surface area contributed by atoms with Gasteiger partial charge in [0.2, 0.25) is 0 Å². The second-order valence-electron chi connectivity index (χ2n) is 12.1. The molecule has 2 aromatic rings. The molecule has 0 saturated carbocycles. The maximum absolute atomic E-state index is 14.2.